The molecule has 2 aliphatic rings. The summed E-state index contributed by atoms with van der Waals surface area (Å²) in [5.41, 5.74) is 1.00. The van der Waals surface area contributed by atoms with E-state index in [4.69, 9.17) is 11.6 Å². The Kier molecular flexibility index (Phi) is 4.29. The van der Waals surface area contributed by atoms with E-state index in [2.05, 4.69) is 9.88 Å². The van der Waals surface area contributed by atoms with Gasteiger partial charge in [-0.1, -0.05) is 24.4 Å². The number of aliphatic hydroxyl groups is 1. The molecule has 3 nitrogen and oxygen atoms in total. The zero-order valence-corrected chi connectivity index (χ0v) is 12.6. The third-order valence-electron chi connectivity index (χ3n) is 5.10. The van der Waals surface area contributed by atoms with Crippen molar-refractivity contribution in [1.29, 1.82) is 0 Å². The van der Waals surface area contributed by atoms with Crippen molar-refractivity contribution in [3.05, 3.63) is 29.0 Å². The Morgan fingerprint density at radius 1 is 1.25 bits per heavy atom. The van der Waals surface area contributed by atoms with Crippen LogP contribution in [0.4, 0.5) is 0 Å². The number of hydrogen-bond acceptors (Lipinski definition) is 3. The van der Waals surface area contributed by atoms with Crippen molar-refractivity contribution < 1.29 is 5.11 Å². The lowest BCUT2D eigenvalue weighted by Crippen LogP contribution is -2.54. The van der Waals surface area contributed by atoms with Crippen LogP contribution in [0.25, 0.3) is 0 Å². The predicted molar refractivity (Wildman–Crippen MR) is 81.0 cm³/mol. The Morgan fingerprint density at radius 3 is 2.60 bits per heavy atom. The molecule has 4 heteroatoms. The molecule has 0 radical (unpaired) electrons. The van der Waals surface area contributed by atoms with Crippen molar-refractivity contribution in [1.82, 2.24) is 9.88 Å². The van der Waals surface area contributed by atoms with E-state index in [0.717, 1.165) is 31.5 Å². The first-order valence-corrected chi connectivity index (χ1v) is 8.12. The van der Waals surface area contributed by atoms with Crippen LogP contribution in [0, 0.1) is 0 Å². The summed E-state index contributed by atoms with van der Waals surface area (Å²) in [4.78, 5) is 6.56. The smallest absolute Gasteiger partial charge is 0.0764 e. The first-order valence-electron chi connectivity index (χ1n) is 7.74. The van der Waals surface area contributed by atoms with Crippen molar-refractivity contribution in [2.75, 3.05) is 13.1 Å². The van der Waals surface area contributed by atoms with E-state index in [9.17, 15) is 5.11 Å². The van der Waals surface area contributed by atoms with Gasteiger partial charge in [0.25, 0.3) is 0 Å². The maximum atomic E-state index is 10.9. The van der Waals surface area contributed by atoms with Crippen molar-refractivity contribution in [2.45, 2.75) is 56.6 Å². The molecule has 2 fully saturated rings. The zero-order chi connectivity index (χ0) is 14.0. The molecule has 1 aliphatic heterocycles. The molecule has 1 unspecified atom stereocenters. The minimum Gasteiger partial charge on any atom is -0.391 e. The van der Waals surface area contributed by atoms with Crippen LogP contribution in [0.2, 0.25) is 5.02 Å². The highest BCUT2D eigenvalue weighted by atomic mass is 35.5. The molecule has 1 saturated heterocycles. The molecule has 0 spiro atoms. The molecule has 0 aromatic carbocycles. The first-order chi connectivity index (χ1) is 9.72. The van der Waals surface area contributed by atoms with E-state index in [1.807, 2.05) is 6.07 Å². The van der Waals surface area contributed by atoms with E-state index in [0.29, 0.717) is 11.4 Å². The van der Waals surface area contributed by atoms with Gasteiger partial charge in [0.15, 0.2) is 0 Å². The summed E-state index contributed by atoms with van der Waals surface area (Å²) in [5.74, 6) is 0. The molecule has 0 amide bonds. The quantitative estimate of drug-likeness (QED) is 0.927. The fourth-order valence-electron chi connectivity index (χ4n) is 3.98. The van der Waals surface area contributed by atoms with E-state index in [-0.39, 0.29) is 11.6 Å². The summed E-state index contributed by atoms with van der Waals surface area (Å²) < 4.78 is 0. The number of nitrogens with zero attached hydrogens (tertiary/aromatic N) is 2. The summed E-state index contributed by atoms with van der Waals surface area (Å²) in [7, 11) is 0. The Balaban J connectivity index is 1.79. The average molecular weight is 295 g/mol. The molecule has 1 atom stereocenters. The Bertz CT molecular complexity index is 454. The third kappa shape index (κ3) is 2.59. The van der Waals surface area contributed by atoms with Crippen LogP contribution in [-0.2, 0) is 6.42 Å². The maximum Gasteiger partial charge on any atom is 0.0764 e. The topological polar surface area (TPSA) is 36.4 Å². The van der Waals surface area contributed by atoms with Gasteiger partial charge in [0.2, 0.25) is 0 Å². The van der Waals surface area contributed by atoms with Gasteiger partial charge in [0.05, 0.1) is 11.1 Å². The zero-order valence-electron chi connectivity index (χ0n) is 11.9. The molecule has 1 aromatic rings. The highest BCUT2D eigenvalue weighted by Gasteiger charge is 2.46. The molecule has 20 heavy (non-hydrogen) atoms. The second kappa shape index (κ2) is 6.00. The van der Waals surface area contributed by atoms with Crippen LogP contribution in [0.1, 0.15) is 44.1 Å². The Labute approximate surface area is 126 Å². The lowest BCUT2D eigenvalue weighted by molar-refractivity contribution is -0.0171. The van der Waals surface area contributed by atoms with Gasteiger partial charge in [-0.05, 0) is 50.4 Å². The monoisotopic (exact) mass is 294 g/mol. The SMILES string of the molecule is OC(Cc1ccncc1Cl)C1(N2CCCC2)CCCC1. The summed E-state index contributed by atoms with van der Waals surface area (Å²) in [6.07, 6.45) is 11.0. The summed E-state index contributed by atoms with van der Waals surface area (Å²) in [6.45, 7) is 2.28. The van der Waals surface area contributed by atoms with E-state index < -0.39 is 0 Å². The van der Waals surface area contributed by atoms with E-state index in [1.165, 1.54) is 25.7 Å². The average Bonchev–Trinajstić information content (AvgIpc) is 3.12. The lowest BCUT2D eigenvalue weighted by atomic mass is 9.85. The maximum absolute atomic E-state index is 10.9. The van der Waals surface area contributed by atoms with Crippen LogP contribution in [0.3, 0.4) is 0 Å². The largest absolute Gasteiger partial charge is 0.391 e. The van der Waals surface area contributed by atoms with Gasteiger partial charge < -0.3 is 5.11 Å². The summed E-state index contributed by atoms with van der Waals surface area (Å²) in [5, 5.41) is 11.6. The molecular weight excluding hydrogens is 272 g/mol. The molecule has 1 N–H and O–H groups in total. The van der Waals surface area contributed by atoms with Crippen LogP contribution in [0.5, 0.6) is 0 Å². The number of aliphatic hydroxyl groups excluding tert-OH is 1. The third-order valence-corrected chi connectivity index (χ3v) is 5.44. The number of rotatable bonds is 4. The lowest BCUT2D eigenvalue weighted by Gasteiger charge is -2.43. The van der Waals surface area contributed by atoms with E-state index >= 15 is 0 Å². The number of pyridine rings is 1. The fraction of sp³-hybridized carbons (Fsp3) is 0.688. The predicted octanol–water partition coefficient (Wildman–Crippen LogP) is 3.05. The van der Waals surface area contributed by atoms with Crippen molar-refractivity contribution in [3.63, 3.8) is 0 Å². The minimum atomic E-state index is -0.331. The molecule has 1 saturated carbocycles. The molecule has 3 rings (SSSR count). The minimum absolute atomic E-state index is 0.0108. The van der Waals surface area contributed by atoms with Crippen LogP contribution < -0.4 is 0 Å². The summed E-state index contributed by atoms with van der Waals surface area (Å²) in [6, 6.07) is 1.93. The Morgan fingerprint density at radius 2 is 1.95 bits per heavy atom. The normalized spacial score (nSPS) is 24.1. The van der Waals surface area contributed by atoms with Crippen molar-refractivity contribution >= 4 is 11.6 Å². The van der Waals surface area contributed by atoms with Gasteiger partial charge in [0, 0.05) is 24.4 Å². The standard InChI is InChI=1S/C16H23ClN2O/c17-14-12-18-8-5-13(14)11-15(20)16(6-1-2-7-16)19-9-3-4-10-19/h5,8,12,15,20H,1-4,6-7,9-11H2. The highest BCUT2D eigenvalue weighted by molar-refractivity contribution is 6.31. The van der Waals surface area contributed by atoms with Gasteiger partial charge in [-0.25, -0.2) is 0 Å². The van der Waals surface area contributed by atoms with Crippen LogP contribution in [-0.4, -0.2) is 39.7 Å². The molecule has 1 aliphatic carbocycles. The number of halogens is 1. The van der Waals surface area contributed by atoms with Crippen molar-refractivity contribution in [2.24, 2.45) is 0 Å². The summed E-state index contributed by atoms with van der Waals surface area (Å²) >= 11 is 6.19. The van der Waals surface area contributed by atoms with Gasteiger partial charge in [-0.2, -0.15) is 0 Å². The Hall–Kier alpha value is -0.640. The van der Waals surface area contributed by atoms with Gasteiger partial charge in [-0.3, -0.25) is 9.88 Å². The van der Waals surface area contributed by atoms with Crippen molar-refractivity contribution in [3.8, 4) is 0 Å². The second-order valence-electron chi connectivity index (χ2n) is 6.19. The molecule has 110 valence electrons. The fourth-order valence-corrected chi connectivity index (χ4v) is 4.17. The highest BCUT2D eigenvalue weighted by Crippen LogP contribution is 2.41. The molecule has 0 bridgehead atoms. The van der Waals surface area contributed by atoms with E-state index in [1.54, 1.807) is 12.4 Å². The van der Waals surface area contributed by atoms with Crippen LogP contribution >= 0.6 is 11.6 Å². The van der Waals surface area contributed by atoms with Gasteiger partial charge in [-0.15, -0.1) is 0 Å². The molecular formula is C16H23ClN2O. The molecule has 2 heterocycles. The number of hydrogen-bond donors (Lipinski definition) is 1. The second-order valence-corrected chi connectivity index (χ2v) is 6.60. The van der Waals surface area contributed by atoms with Crippen LogP contribution in [0.15, 0.2) is 18.5 Å². The number of aromatic nitrogens is 1. The first kappa shape index (κ1) is 14.3. The van der Waals surface area contributed by atoms with Gasteiger partial charge >= 0.3 is 0 Å². The number of likely N-dealkylation sites (tertiary alicyclic amines) is 1. The molecule has 1 aromatic heterocycles. The van der Waals surface area contributed by atoms with Gasteiger partial charge in [0.1, 0.15) is 0 Å².